The standard InChI is InChI=1S/C15H9BrO3/c16-10-3-1-2-9(6-10)13-8-19-14-7-11(17)4-5-12(14)15(13)18/h1-8,17H. The Labute approximate surface area is 117 Å². The Morgan fingerprint density at radius 3 is 2.74 bits per heavy atom. The highest BCUT2D eigenvalue weighted by Crippen LogP contribution is 2.24. The number of fused-ring (bicyclic) bond motifs is 1. The van der Waals surface area contributed by atoms with Gasteiger partial charge in [0.25, 0.3) is 0 Å². The highest BCUT2D eigenvalue weighted by atomic mass is 79.9. The van der Waals surface area contributed by atoms with Crippen LogP contribution in [0, 0.1) is 0 Å². The van der Waals surface area contributed by atoms with Crippen LogP contribution in [-0.4, -0.2) is 5.11 Å². The van der Waals surface area contributed by atoms with E-state index in [2.05, 4.69) is 15.9 Å². The lowest BCUT2D eigenvalue weighted by Gasteiger charge is -2.03. The van der Waals surface area contributed by atoms with Crippen LogP contribution >= 0.6 is 15.9 Å². The lowest BCUT2D eigenvalue weighted by atomic mass is 10.1. The molecule has 0 bridgehead atoms. The van der Waals surface area contributed by atoms with E-state index in [4.69, 9.17) is 4.42 Å². The summed E-state index contributed by atoms with van der Waals surface area (Å²) in [4.78, 5) is 12.4. The van der Waals surface area contributed by atoms with Crippen molar-refractivity contribution in [2.75, 3.05) is 0 Å². The van der Waals surface area contributed by atoms with Gasteiger partial charge in [-0.3, -0.25) is 4.79 Å². The monoisotopic (exact) mass is 316 g/mol. The van der Waals surface area contributed by atoms with Gasteiger partial charge in [-0.05, 0) is 29.8 Å². The smallest absolute Gasteiger partial charge is 0.200 e. The summed E-state index contributed by atoms with van der Waals surface area (Å²) in [7, 11) is 0. The third kappa shape index (κ3) is 2.15. The molecule has 0 aliphatic rings. The highest BCUT2D eigenvalue weighted by molar-refractivity contribution is 9.10. The first-order valence-corrected chi connectivity index (χ1v) is 6.45. The van der Waals surface area contributed by atoms with E-state index >= 15 is 0 Å². The van der Waals surface area contributed by atoms with Gasteiger partial charge in [0.05, 0.1) is 10.9 Å². The van der Waals surface area contributed by atoms with Crippen LogP contribution in [0.2, 0.25) is 0 Å². The van der Waals surface area contributed by atoms with Crippen molar-refractivity contribution in [2.45, 2.75) is 0 Å². The Hall–Kier alpha value is -2.07. The molecule has 0 atom stereocenters. The molecule has 0 fully saturated rings. The number of rotatable bonds is 1. The zero-order valence-electron chi connectivity index (χ0n) is 9.76. The minimum Gasteiger partial charge on any atom is -0.508 e. The molecule has 1 N–H and O–H groups in total. The third-order valence-electron chi connectivity index (χ3n) is 2.89. The molecule has 0 saturated carbocycles. The zero-order valence-corrected chi connectivity index (χ0v) is 11.3. The Kier molecular flexibility index (Phi) is 2.87. The first kappa shape index (κ1) is 12.0. The average Bonchev–Trinajstić information content (AvgIpc) is 2.39. The fourth-order valence-electron chi connectivity index (χ4n) is 1.97. The normalized spacial score (nSPS) is 10.8. The van der Waals surface area contributed by atoms with Gasteiger partial charge in [0.2, 0.25) is 0 Å². The molecular weight excluding hydrogens is 308 g/mol. The van der Waals surface area contributed by atoms with Crippen molar-refractivity contribution < 1.29 is 9.52 Å². The summed E-state index contributed by atoms with van der Waals surface area (Å²) >= 11 is 3.38. The van der Waals surface area contributed by atoms with E-state index in [-0.39, 0.29) is 11.2 Å². The van der Waals surface area contributed by atoms with E-state index < -0.39 is 0 Å². The minimum absolute atomic E-state index is 0.0749. The van der Waals surface area contributed by atoms with E-state index in [1.807, 2.05) is 24.3 Å². The van der Waals surface area contributed by atoms with Gasteiger partial charge in [0.15, 0.2) is 5.43 Å². The van der Waals surface area contributed by atoms with Crippen molar-refractivity contribution in [1.29, 1.82) is 0 Å². The van der Waals surface area contributed by atoms with Gasteiger partial charge in [-0.25, -0.2) is 0 Å². The molecule has 0 aliphatic heterocycles. The lowest BCUT2D eigenvalue weighted by Crippen LogP contribution is -2.04. The number of phenols is 1. The van der Waals surface area contributed by atoms with Crippen molar-refractivity contribution in [2.24, 2.45) is 0 Å². The summed E-state index contributed by atoms with van der Waals surface area (Å²) in [5.41, 5.74) is 1.56. The molecule has 2 aromatic carbocycles. The van der Waals surface area contributed by atoms with E-state index in [9.17, 15) is 9.90 Å². The molecule has 1 heterocycles. The summed E-state index contributed by atoms with van der Waals surface area (Å²) in [6.07, 6.45) is 1.42. The maximum absolute atomic E-state index is 12.4. The first-order chi connectivity index (χ1) is 9.15. The van der Waals surface area contributed by atoms with Crippen LogP contribution in [0.1, 0.15) is 0 Å². The quantitative estimate of drug-likeness (QED) is 0.740. The van der Waals surface area contributed by atoms with Crippen molar-refractivity contribution in [3.8, 4) is 16.9 Å². The van der Waals surface area contributed by atoms with Gasteiger partial charge >= 0.3 is 0 Å². The molecular formula is C15H9BrO3. The number of benzene rings is 2. The Morgan fingerprint density at radius 1 is 1.11 bits per heavy atom. The fourth-order valence-corrected chi connectivity index (χ4v) is 2.37. The molecule has 3 rings (SSSR count). The third-order valence-corrected chi connectivity index (χ3v) is 3.39. The van der Waals surface area contributed by atoms with Crippen molar-refractivity contribution >= 4 is 26.9 Å². The largest absolute Gasteiger partial charge is 0.508 e. The fraction of sp³-hybridized carbons (Fsp3) is 0. The van der Waals surface area contributed by atoms with E-state index in [1.165, 1.54) is 18.4 Å². The van der Waals surface area contributed by atoms with Crippen molar-refractivity contribution in [1.82, 2.24) is 0 Å². The van der Waals surface area contributed by atoms with Gasteiger partial charge in [-0.1, -0.05) is 28.1 Å². The molecule has 0 aliphatic carbocycles. The van der Waals surface area contributed by atoms with Crippen molar-refractivity contribution in [3.63, 3.8) is 0 Å². The maximum Gasteiger partial charge on any atom is 0.200 e. The molecule has 94 valence electrons. The Balaban J connectivity index is 2.29. The second kappa shape index (κ2) is 4.55. The molecule has 0 spiro atoms. The number of phenolic OH excluding ortho intramolecular Hbond substituents is 1. The van der Waals surface area contributed by atoms with E-state index in [0.29, 0.717) is 16.5 Å². The summed E-state index contributed by atoms with van der Waals surface area (Å²) in [6.45, 7) is 0. The predicted octanol–water partition coefficient (Wildman–Crippen LogP) is 3.93. The number of halogens is 1. The van der Waals surface area contributed by atoms with Gasteiger partial charge in [0, 0.05) is 10.5 Å². The molecule has 19 heavy (non-hydrogen) atoms. The summed E-state index contributed by atoms with van der Waals surface area (Å²) in [5.74, 6) is 0.0749. The molecule has 0 saturated heterocycles. The van der Waals surface area contributed by atoms with Crippen LogP contribution in [0.4, 0.5) is 0 Å². The molecule has 1 aromatic heterocycles. The lowest BCUT2D eigenvalue weighted by molar-refractivity contribution is 0.474. The first-order valence-electron chi connectivity index (χ1n) is 5.65. The number of hydrogen-bond acceptors (Lipinski definition) is 3. The van der Waals surface area contributed by atoms with Gasteiger partial charge in [0.1, 0.15) is 17.6 Å². The van der Waals surface area contributed by atoms with Gasteiger partial charge in [-0.2, -0.15) is 0 Å². The topological polar surface area (TPSA) is 50.4 Å². The molecule has 0 radical (unpaired) electrons. The van der Waals surface area contributed by atoms with E-state index in [0.717, 1.165) is 10.0 Å². The van der Waals surface area contributed by atoms with Crippen LogP contribution in [0.5, 0.6) is 5.75 Å². The molecule has 3 aromatic rings. The van der Waals surface area contributed by atoms with Crippen LogP contribution in [0.15, 0.2) is 62.4 Å². The average molecular weight is 317 g/mol. The minimum atomic E-state index is -0.112. The molecule has 4 heteroatoms. The molecule has 0 amide bonds. The van der Waals surface area contributed by atoms with Crippen LogP contribution in [0.3, 0.4) is 0 Å². The zero-order chi connectivity index (χ0) is 13.4. The highest BCUT2D eigenvalue weighted by Gasteiger charge is 2.09. The van der Waals surface area contributed by atoms with Gasteiger partial charge in [-0.15, -0.1) is 0 Å². The molecule has 3 nitrogen and oxygen atoms in total. The predicted molar refractivity (Wildman–Crippen MR) is 77.3 cm³/mol. The number of aromatic hydroxyl groups is 1. The summed E-state index contributed by atoms with van der Waals surface area (Å²) in [5, 5.41) is 9.83. The second-order valence-corrected chi connectivity index (χ2v) is 5.08. The van der Waals surface area contributed by atoms with E-state index in [1.54, 1.807) is 6.07 Å². The van der Waals surface area contributed by atoms with Gasteiger partial charge < -0.3 is 9.52 Å². The van der Waals surface area contributed by atoms with Crippen LogP contribution in [0.25, 0.3) is 22.1 Å². The summed E-state index contributed by atoms with van der Waals surface area (Å²) in [6, 6.07) is 11.9. The molecule has 0 unspecified atom stereocenters. The Morgan fingerprint density at radius 2 is 1.95 bits per heavy atom. The maximum atomic E-state index is 12.4. The number of hydrogen-bond donors (Lipinski definition) is 1. The van der Waals surface area contributed by atoms with Crippen LogP contribution < -0.4 is 5.43 Å². The second-order valence-electron chi connectivity index (χ2n) is 4.17. The van der Waals surface area contributed by atoms with Crippen LogP contribution in [-0.2, 0) is 0 Å². The van der Waals surface area contributed by atoms with Crippen molar-refractivity contribution in [3.05, 3.63) is 63.4 Å². The Bertz CT molecular complexity index is 821. The SMILES string of the molecule is O=c1c(-c2cccc(Br)c2)coc2cc(O)ccc12. The summed E-state index contributed by atoms with van der Waals surface area (Å²) < 4.78 is 6.32.